The standard InChI is InChI=1S/C53H57N4O.Pt/c1-34-25-47-48(26-35(34)2)56(33-55(47)39-18-16-17-36(27-39)50(3,4)5)40-28-38(51(6,7)8)29-42(31-40)58-41-21-22-44-43-19-14-15-20-45(43)57(46(44)32-41)49-30-37(23-24-54-49)53(12,13)52(9,10)11;/h14-30,33H,1-13H3;/q-3;. The second-order valence-corrected chi connectivity index (χ2v) is 19.8. The summed E-state index contributed by atoms with van der Waals surface area (Å²) in [6.45, 7) is 31.6. The summed E-state index contributed by atoms with van der Waals surface area (Å²) < 4.78 is 9.05. The van der Waals surface area contributed by atoms with Gasteiger partial charge in [-0.1, -0.05) is 112 Å². The summed E-state index contributed by atoms with van der Waals surface area (Å²) in [6.07, 6.45) is 1.94. The Bertz CT molecular complexity index is 2700. The maximum atomic E-state index is 6.83. The second kappa shape index (κ2) is 15.0. The van der Waals surface area contributed by atoms with Crippen LogP contribution in [-0.2, 0) is 37.3 Å². The van der Waals surface area contributed by atoms with Crippen molar-refractivity contribution >= 4 is 44.6 Å². The first kappa shape index (κ1) is 42.3. The molecule has 0 amide bonds. The van der Waals surface area contributed by atoms with Gasteiger partial charge in [0.25, 0.3) is 0 Å². The second-order valence-electron chi connectivity index (χ2n) is 19.8. The number of nitrogens with zero attached hydrogens (tertiary/aromatic N) is 4. The molecule has 0 saturated carbocycles. The van der Waals surface area contributed by atoms with Gasteiger partial charge < -0.3 is 19.1 Å². The topological polar surface area (TPSA) is 33.5 Å². The summed E-state index contributed by atoms with van der Waals surface area (Å²) in [5.74, 6) is 2.12. The first-order valence-corrected chi connectivity index (χ1v) is 20.5. The zero-order chi connectivity index (χ0) is 41.5. The molecule has 0 unspecified atom stereocenters. The molecule has 308 valence electrons. The van der Waals surface area contributed by atoms with Crippen molar-refractivity contribution in [2.45, 2.75) is 106 Å². The van der Waals surface area contributed by atoms with E-state index in [1.54, 1.807) is 0 Å². The molecule has 5 nitrogen and oxygen atoms in total. The van der Waals surface area contributed by atoms with Crippen LogP contribution in [0.4, 0.5) is 22.7 Å². The Morgan fingerprint density at radius 3 is 1.95 bits per heavy atom. The van der Waals surface area contributed by atoms with Crippen LogP contribution in [0.5, 0.6) is 11.5 Å². The monoisotopic (exact) mass is 960 g/mol. The number of ether oxygens (including phenoxy) is 1. The summed E-state index contributed by atoms with van der Waals surface area (Å²) in [4.78, 5) is 9.51. The van der Waals surface area contributed by atoms with E-state index in [-0.39, 0.29) is 42.7 Å². The molecule has 8 rings (SSSR count). The average molecular weight is 961 g/mol. The number of hydrogen-bond donors (Lipinski definition) is 0. The van der Waals surface area contributed by atoms with Crippen LogP contribution < -0.4 is 14.5 Å². The van der Waals surface area contributed by atoms with Gasteiger partial charge in [0, 0.05) is 61.3 Å². The molecule has 1 aliphatic rings. The minimum absolute atomic E-state index is 0. The molecule has 2 aromatic heterocycles. The van der Waals surface area contributed by atoms with Gasteiger partial charge in [0.1, 0.15) is 5.82 Å². The molecule has 0 N–H and O–H groups in total. The zero-order valence-electron chi connectivity index (χ0n) is 36.9. The smallest absolute Gasteiger partial charge is 0.135 e. The fourth-order valence-electron chi connectivity index (χ4n) is 7.73. The van der Waals surface area contributed by atoms with Crippen LogP contribution in [0.15, 0.2) is 103 Å². The number of fused-ring (bicyclic) bond motifs is 4. The largest absolute Gasteiger partial charge is 0.509 e. The number of anilines is 4. The third-order valence-corrected chi connectivity index (χ3v) is 12.6. The van der Waals surface area contributed by atoms with Crippen LogP contribution in [0.3, 0.4) is 0 Å². The van der Waals surface area contributed by atoms with Crippen LogP contribution >= 0.6 is 0 Å². The van der Waals surface area contributed by atoms with Crippen molar-refractivity contribution in [1.82, 2.24) is 9.55 Å². The third kappa shape index (κ3) is 7.72. The number of benzene rings is 5. The number of aryl methyl sites for hydroxylation is 2. The van der Waals surface area contributed by atoms with Crippen LogP contribution in [0, 0.1) is 38.1 Å². The van der Waals surface area contributed by atoms with Crippen LogP contribution in [-0.4, -0.2) is 9.55 Å². The molecule has 5 aromatic carbocycles. The Balaban J connectivity index is 0.00000528. The molecular formula is C53H57N4OPt-3. The van der Waals surface area contributed by atoms with E-state index in [1.165, 1.54) is 22.3 Å². The van der Waals surface area contributed by atoms with E-state index >= 15 is 0 Å². The molecule has 6 heteroatoms. The van der Waals surface area contributed by atoms with Crippen LogP contribution in [0.1, 0.15) is 104 Å². The Morgan fingerprint density at radius 1 is 0.593 bits per heavy atom. The van der Waals surface area contributed by atoms with Crippen molar-refractivity contribution in [3.8, 4) is 17.3 Å². The number of rotatable bonds is 6. The Morgan fingerprint density at radius 2 is 1.27 bits per heavy atom. The zero-order valence-corrected chi connectivity index (χ0v) is 39.2. The average Bonchev–Trinajstić information content (AvgIpc) is 3.69. The predicted octanol–water partition coefficient (Wildman–Crippen LogP) is 14.5. The minimum Gasteiger partial charge on any atom is -0.509 e. The summed E-state index contributed by atoms with van der Waals surface area (Å²) in [7, 11) is 0. The van der Waals surface area contributed by atoms with Gasteiger partial charge >= 0.3 is 0 Å². The van der Waals surface area contributed by atoms with E-state index in [9.17, 15) is 0 Å². The van der Waals surface area contributed by atoms with Gasteiger partial charge in [0.05, 0.1) is 0 Å². The summed E-state index contributed by atoms with van der Waals surface area (Å²) in [5, 5.41) is 2.25. The van der Waals surface area contributed by atoms with E-state index < -0.39 is 0 Å². The first-order chi connectivity index (χ1) is 27.2. The molecule has 3 heterocycles. The first-order valence-electron chi connectivity index (χ1n) is 20.5. The van der Waals surface area contributed by atoms with Crippen molar-refractivity contribution in [2.75, 3.05) is 9.80 Å². The van der Waals surface area contributed by atoms with E-state index in [4.69, 9.17) is 9.72 Å². The van der Waals surface area contributed by atoms with Crippen molar-refractivity contribution in [1.29, 1.82) is 0 Å². The van der Waals surface area contributed by atoms with Gasteiger partial charge in [0.2, 0.25) is 0 Å². The molecule has 1 aliphatic heterocycles. The number of aromatic nitrogens is 2. The molecule has 0 radical (unpaired) electrons. The molecule has 0 spiro atoms. The van der Waals surface area contributed by atoms with E-state index in [0.717, 1.165) is 55.9 Å². The third-order valence-electron chi connectivity index (χ3n) is 12.6. The quantitative estimate of drug-likeness (QED) is 0.156. The van der Waals surface area contributed by atoms with E-state index in [1.807, 2.05) is 12.3 Å². The van der Waals surface area contributed by atoms with Gasteiger partial charge in [0.15, 0.2) is 0 Å². The summed E-state index contributed by atoms with van der Waals surface area (Å²) in [6, 6.07) is 42.3. The number of hydrogen-bond acceptors (Lipinski definition) is 4. The Labute approximate surface area is 366 Å². The van der Waals surface area contributed by atoms with Gasteiger partial charge in [-0.05, 0) is 106 Å². The van der Waals surface area contributed by atoms with Crippen molar-refractivity contribution < 1.29 is 25.8 Å². The summed E-state index contributed by atoms with van der Waals surface area (Å²) >= 11 is 0. The molecule has 0 fully saturated rings. The van der Waals surface area contributed by atoms with Gasteiger partial charge in [-0.15, -0.1) is 53.6 Å². The van der Waals surface area contributed by atoms with E-state index in [2.05, 4.69) is 214 Å². The molecule has 0 bridgehead atoms. The van der Waals surface area contributed by atoms with E-state index in [0.29, 0.717) is 11.5 Å². The minimum atomic E-state index is -0.147. The predicted molar refractivity (Wildman–Crippen MR) is 244 cm³/mol. The summed E-state index contributed by atoms with van der Waals surface area (Å²) in [5.41, 5.74) is 12.3. The van der Waals surface area contributed by atoms with Crippen LogP contribution in [0.25, 0.3) is 27.6 Å². The molecule has 0 saturated heterocycles. The SMILES string of the molecule is Cc1cc2c(cc1C)N(c1cccc(C(C)(C)C)c1)[CH-]N2c1[c-]c(Oc2[c-]c3c(cc2)c2ccccc2n3-c2cc(C(C)(C)C(C)(C)C)ccn2)cc(C(C)(C)C)c1.[Pt]. The maximum Gasteiger partial charge on any atom is 0.135 e. The van der Waals surface area contributed by atoms with Crippen molar-refractivity contribution in [3.63, 3.8) is 0 Å². The molecular weight excluding hydrogens is 904 g/mol. The number of para-hydroxylation sites is 1. The van der Waals surface area contributed by atoms with Crippen molar-refractivity contribution in [2.24, 2.45) is 5.41 Å². The number of pyridine rings is 1. The fraction of sp³-hybridized carbons (Fsp3) is 0.321. The maximum absolute atomic E-state index is 6.83. The molecule has 7 aromatic rings. The van der Waals surface area contributed by atoms with Gasteiger partial charge in [-0.25, -0.2) is 4.98 Å². The van der Waals surface area contributed by atoms with Crippen molar-refractivity contribution in [3.05, 3.63) is 150 Å². The van der Waals surface area contributed by atoms with Crippen LogP contribution in [0.2, 0.25) is 0 Å². The Kier molecular flexibility index (Phi) is 10.7. The Hall–Kier alpha value is -4.86. The van der Waals surface area contributed by atoms with Gasteiger partial charge in [-0.2, -0.15) is 6.07 Å². The fourth-order valence-corrected chi connectivity index (χ4v) is 7.73. The normalized spacial score (nSPS) is 13.6. The molecule has 0 atom stereocenters. The van der Waals surface area contributed by atoms with Gasteiger partial charge in [-0.3, -0.25) is 0 Å². The molecule has 59 heavy (non-hydrogen) atoms. The molecule has 0 aliphatic carbocycles.